The minimum absolute atomic E-state index is 0.0395. The van der Waals surface area contributed by atoms with Crippen LogP contribution in [0.1, 0.15) is 200 Å². The van der Waals surface area contributed by atoms with Gasteiger partial charge in [-0.1, -0.05) is 177 Å². The second kappa shape index (κ2) is 45.7. The maximum atomic E-state index is 12.7. The monoisotopic (exact) mass is 853 g/mol. The van der Waals surface area contributed by atoms with Crippen molar-refractivity contribution in [3.63, 3.8) is 0 Å². The maximum absolute atomic E-state index is 12.7. The number of allylic oxidation sites excluding steroid dienone is 10. The number of ether oxygens (including phenoxy) is 2. The highest BCUT2D eigenvalue weighted by molar-refractivity contribution is 7.47. The SMILES string of the molecule is CC/C=C\C/C=C\C/C=C\C/C=C\CCCCCCCCC(=O)OC(COCCCCCCCCCC/C=C\CCCCCCCCC)COP(=O)(O)OCC(O)CO. The fourth-order valence-corrected chi connectivity index (χ4v) is 7.13. The fourth-order valence-electron chi connectivity index (χ4n) is 6.34. The molecule has 0 aromatic heterocycles. The van der Waals surface area contributed by atoms with Crippen LogP contribution in [0.25, 0.3) is 0 Å². The van der Waals surface area contributed by atoms with Crippen LogP contribution in [-0.2, 0) is 27.9 Å². The number of aliphatic hydroxyl groups is 2. The summed E-state index contributed by atoms with van der Waals surface area (Å²) in [5.41, 5.74) is 0. The molecule has 3 unspecified atom stereocenters. The molecule has 9 nitrogen and oxygen atoms in total. The average molecular weight is 853 g/mol. The van der Waals surface area contributed by atoms with Gasteiger partial charge in [-0.25, -0.2) is 4.57 Å². The lowest BCUT2D eigenvalue weighted by Crippen LogP contribution is -2.29. The first-order chi connectivity index (χ1) is 28.8. The van der Waals surface area contributed by atoms with Crippen molar-refractivity contribution < 1.29 is 43.0 Å². The lowest BCUT2D eigenvalue weighted by Gasteiger charge is -2.20. The molecule has 0 spiro atoms. The van der Waals surface area contributed by atoms with Crippen LogP contribution in [0.2, 0.25) is 0 Å². The summed E-state index contributed by atoms with van der Waals surface area (Å²) in [6.07, 6.45) is 53.2. The number of unbranched alkanes of at least 4 members (excludes halogenated alkanes) is 21. The normalized spacial score (nSPS) is 14.5. The van der Waals surface area contributed by atoms with Crippen LogP contribution >= 0.6 is 7.82 Å². The van der Waals surface area contributed by atoms with Crippen molar-refractivity contribution in [1.82, 2.24) is 0 Å². The van der Waals surface area contributed by atoms with Crippen LogP contribution in [0.5, 0.6) is 0 Å². The molecule has 0 aromatic carbocycles. The van der Waals surface area contributed by atoms with Crippen molar-refractivity contribution in [3.05, 3.63) is 60.8 Å². The summed E-state index contributed by atoms with van der Waals surface area (Å²) >= 11 is 0. The van der Waals surface area contributed by atoms with Gasteiger partial charge in [0.05, 0.1) is 26.4 Å². The van der Waals surface area contributed by atoms with Crippen molar-refractivity contribution in [2.75, 3.05) is 33.0 Å². The van der Waals surface area contributed by atoms with Gasteiger partial charge in [-0.05, 0) is 77.0 Å². The van der Waals surface area contributed by atoms with E-state index in [1.165, 1.54) is 89.9 Å². The molecule has 59 heavy (non-hydrogen) atoms. The molecule has 0 bridgehead atoms. The number of aliphatic hydroxyl groups excluding tert-OH is 2. The molecule has 0 fully saturated rings. The lowest BCUT2D eigenvalue weighted by molar-refractivity contribution is -0.154. The zero-order chi connectivity index (χ0) is 43.2. The Morgan fingerprint density at radius 2 is 0.966 bits per heavy atom. The van der Waals surface area contributed by atoms with Crippen LogP contribution in [0, 0.1) is 0 Å². The molecule has 0 saturated heterocycles. The molecule has 0 aliphatic rings. The highest BCUT2D eigenvalue weighted by Gasteiger charge is 2.26. The number of phosphoric acid groups is 1. The first-order valence-electron chi connectivity index (χ1n) is 23.8. The molecule has 344 valence electrons. The topological polar surface area (TPSA) is 132 Å². The van der Waals surface area contributed by atoms with Gasteiger partial charge in [0, 0.05) is 13.0 Å². The predicted octanol–water partition coefficient (Wildman–Crippen LogP) is 13.5. The zero-order valence-corrected chi connectivity index (χ0v) is 38.6. The van der Waals surface area contributed by atoms with Crippen molar-refractivity contribution in [1.29, 1.82) is 0 Å². The standard InChI is InChI=1S/C49H89O9P/c1-3-5-7-9-11-13-15-17-19-21-23-25-27-29-31-33-35-37-39-41-49(52)58-48(46-57-59(53,54)56-44-47(51)43-50)45-55-42-40-38-36-34-32-30-28-26-24-22-20-18-16-14-12-10-8-6-4-2/h5,7,11,13,17,19-20,22-23,25,47-48,50-51H,3-4,6,8-10,12,14-16,18,21,24,26-46H2,1-2H3,(H,53,54)/b7-5-,13-11-,19-17-,22-20-,25-23-. The van der Waals surface area contributed by atoms with E-state index in [0.717, 1.165) is 83.5 Å². The first kappa shape index (κ1) is 57.2. The summed E-state index contributed by atoms with van der Waals surface area (Å²) in [4.78, 5) is 22.6. The minimum atomic E-state index is -4.53. The summed E-state index contributed by atoms with van der Waals surface area (Å²) in [5, 5.41) is 18.4. The highest BCUT2D eigenvalue weighted by Crippen LogP contribution is 2.43. The van der Waals surface area contributed by atoms with Gasteiger partial charge in [0.15, 0.2) is 0 Å². The molecule has 3 N–H and O–H groups in total. The van der Waals surface area contributed by atoms with E-state index in [1.54, 1.807) is 0 Å². The Bertz CT molecular complexity index is 1100. The third-order valence-electron chi connectivity index (χ3n) is 9.94. The van der Waals surface area contributed by atoms with Gasteiger partial charge < -0.3 is 24.6 Å². The number of hydrogen-bond donors (Lipinski definition) is 3. The van der Waals surface area contributed by atoms with E-state index < -0.39 is 39.2 Å². The molecular weight excluding hydrogens is 764 g/mol. The van der Waals surface area contributed by atoms with Crippen molar-refractivity contribution >= 4 is 13.8 Å². The maximum Gasteiger partial charge on any atom is 0.472 e. The summed E-state index contributed by atoms with van der Waals surface area (Å²) in [6, 6.07) is 0. The van der Waals surface area contributed by atoms with E-state index in [1.807, 2.05) is 0 Å². The Balaban J connectivity index is 4.16. The van der Waals surface area contributed by atoms with Crippen LogP contribution in [0.4, 0.5) is 0 Å². The van der Waals surface area contributed by atoms with E-state index >= 15 is 0 Å². The van der Waals surface area contributed by atoms with Gasteiger partial charge in [-0.2, -0.15) is 0 Å². The molecule has 0 radical (unpaired) electrons. The van der Waals surface area contributed by atoms with Gasteiger partial charge >= 0.3 is 13.8 Å². The number of rotatable bonds is 45. The summed E-state index contributed by atoms with van der Waals surface area (Å²) in [7, 11) is -4.53. The van der Waals surface area contributed by atoms with Gasteiger partial charge in [0.1, 0.15) is 12.2 Å². The summed E-state index contributed by atoms with van der Waals surface area (Å²) in [6.45, 7) is 3.39. The largest absolute Gasteiger partial charge is 0.472 e. The Morgan fingerprint density at radius 3 is 1.47 bits per heavy atom. The van der Waals surface area contributed by atoms with E-state index in [2.05, 4.69) is 74.6 Å². The number of phosphoric ester groups is 1. The Morgan fingerprint density at radius 1 is 0.542 bits per heavy atom. The average Bonchev–Trinajstić information content (AvgIpc) is 3.23. The van der Waals surface area contributed by atoms with Gasteiger partial charge in [0.2, 0.25) is 0 Å². The molecule has 0 saturated carbocycles. The van der Waals surface area contributed by atoms with Crippen LogP contribution in [0.3, 0.4) is 0 Å². The third kappa shape index (κ3) is 45.5. The van der Waals surface area contributed by atoms with Crippen molar-refractivity contribution in [2.45, 2.75) is 212 Å². The zero-order valence-electron chi connectivity index (χ0n) is 37.7. The summed E-state index contributed by atoms with van der Waals surface area (Å²) in [5.74, 6) is -0.398. The second-order valence-corrected chi connectivity index (χ2v) is 17.2. The van der Waals surface area contributed by atoms with Gasteiger partial charge in [-0.3, -0.25) is 13.8 Å². The van der Waals surface area contributed by atoms with E-state index in [9.17, 15) is 19.4 Å². The molecule has 10 heteroatoms. The number of carbonyl (C=O) groups is 1. The van der Waals surface area contributed by atoms with E-state index in [4.69, 9.17) is 23.6 Å². The van der Waals surface area contributed by atoms with Crippen molar-refractivity contribution in [2.24, 2.45) is 0 Å². The Labute approximate surface area is 361 Å². The smallest absolute Gasteiger partial charge is 0.457 e. The Hall–Kier alpha value is -1.84. The van der Waals surface area contributed by atoms with E-state index in [-0.39, 0.29) is 19.6 Å². The molecule has 0 amide bonds. The minimum Gasteiger partial charge on any atom is -0.457 e. The number of esters is 1. The predicted molar refractivity (Wildman–Crippen MR) is 246 cm³/mol. The molecule has 0 heterocycles. The second-order valence-electron chi connectivity index (χ2n) is 15.7. The van der Waals surface area contributed by atoms with Crippen LogP contribution < -0.4 is 0 Å². The van der Waals surface area contributed by atoms with Crippen molar-refractivity contribution in [3.8, 4) is 0 Å². The molecule has 0 rings (SSSR count). The molecule has 0 aliphatic carbocycles. The summed E-state index contributed by atoms with van der Waals surface area (Å²) < 4.78 is 33.5. The quantitative estimate of drug-likeness (QED) is 0.0237. The van der Waals surface area contributed by atoms with Crippen LogP contribution in [0.15, 0.2) is 60.8 Å². The van der Waals surface area contributed by atoms with Gasteiger partial charge in [-0.15, -0.1) is 0 Å². The van der Waals surface area contributed by atoms with Crippen LogP contribution in [-0.4, -0.2) is 66.3 Å². The number of carbonyl (C=O) groups excluding carboxylic acids is 1. The molecule has 3 atom stereocenters. The molecule has 0 aromatic rings. The fraction of sp³-hybridized carbons (Fsp3) is 0.776. The highest BCUT2D eigenvalue weighted by atomic mass is 31.2. The van der Waals surface area contributed by atoms with E-state index in [0.29, 0.717) is 13.0 Å². The molecule has 0 aliphatic heterocycles. The first-order valence-corrected chi connectivity index (χ1v) is 25.3. The molecular formula is C49H89O9P. The lowest BCUT2D eigenvalue weighted by atomic mass is 10.1. The van der Waals surface area contributed by atoms with Gasteiger partial charge in [0.25, 0.3) is 0 Å². The number of hydrogen-bond acceptors (Lipinski definition) is 8. The Kier molecular flexibility index (Phi) is 44.3. The third-order valence-corrected chi connectivity index (χ3v) is 10.9.